The number of carbonyl (C=O) groups excluding carboxylic acids is 1. The molecule has 2 amide bonds. The number of hydrogen-bond donors (Lipinski definition) is 1. The van der Waals surface area contributed by atoms with E-state index in [0.29, 0.717) is 19.1 Å². The summed E-state index contributed by atoms with van der Waals surface area (Å²) in [7, 11) is 0. The predicted molar refractivity (Wildman–Crippen MR) is 89.7 cm³/mol. The number of rotatable bonds is 2. The Morgan fingerprint density at radius 1 is 1.20 bits per heavy atom. The smallest absolute Gasteiger partial charge is 0.320 e. The van der Waals surface area contributed by atoms with Gasteiger partial charge in [0.1, 0.15) is 0 Å². The van der Waals surface area contributed by atoms with Gasteiger partial charge in [0.05, 0.1) is 37.2 Å². The number of amides is 2. The van der Waals surface area contributed by atoms with Crippen molar-refractivity contribution in [1.29, 1.82) is 0 Å². The molecule has 136 valence electrons. The van der Waals surface area contributed by atoms with E-state index >= 15 is 0 Å². The first-order chi connectivity index (χ1) is 12.1. The standard InChI is InChI=1S/C17H24FN5O2/c18-13-9-19-15(20-10-13)21-14-8-17(25-11-14)4-3-7-23(12-17)16(24)22-5-1-2-6-22/h9-10,14H,1-8,11-12H2,(H,19,20,21)/t14-,17-/m0/s1. The molecule has 3 aliphatic rings. The molecule has 3 saturated heterocycles. The first kappa shape index (κ1) is 16.5. The van der Waals surface area contributed by atoms with E-state index in [1.807, 2.05) is 9.80 Å². The van der Waals surface area contributed by atoms with E-state index in [1.54, 1.807) is 0 Å². The second kappa shape index (κ2) is 6.74. The van der Waals surface area contributed by atoms with Gasteiger partial charge in [-0.05, 0) is 25.7 Å². The average Bonchev–Trinajstić information content (AvgIpc) is 3.27. The number of ether oxygens (including phenoxy) is 1. The third-order valence-corrected chi connectivity index (χ3v) is 5.35. The number of piperidine rings is 1. The fraction of sp³-hybridized carbons (Fsp3) is 0.706. The number of halogens is 1. The Morgan fingerprint density at radius 3 is 2.68 bits per heavy atom. The quantitative estimate of drug-likeness (QED) is 0.883. The largest absolute Gasteiger partial charge is 0.371 e. The maximum Gasteiger partial charge on any atom is 0.320 e. The Hall–Kier alpha value is -1.96. The van der Waals surface area contributed by atoms with Crippen LogP contribution in [0.1, 0.15) is 32.1 Å². The van der Waals surface area contributed by atoms with Crippen molar-refractivity contribution >= 4 is 12.0 Å². The zero-order valence-corrected chi connectivity index (χ0v) is 14.3. The molecule has 1 aromatic rings. The van der Waals surface area contributed by atoms with Gasteiger partial charge in [-0.2, -0.15) is 0 Å². The van der Waals surface area contributed by atoms with Crippen molar-refractivity contribution in [3.05, 3.63) is 18.2 Å². The molecule has 8 heteroatoms. The van der Waals surface area contributed by atoms with Crippen LogP contribution in [0.2, 0.25) is 0 Å². The van der Waals surface area contributed by atoms with Crippen molar-refractivity contribution in [3.8, 4) is 0 Å². The molecule has 7 nitrogen and oxygen atoms in total. The van der Waals surface area contributed by atoms with Gasteiger partial charge >= 0.3 is 6.03 Å². The molecule has 4 heterocycles. The van der Waals surface area contributed by atoms with Crippen molar-refractivity contribution < 1.29 is 13.9 Å². The molecular weight excluding hydrogens is 325 g/mol. The maximum atomic E-state index is 12.9. The van der Waals surface area contributed by atoms with E-state index in [-0.39, 0.29) is 17.7 Å². The topological polar surface area (TPSA) is 70.6 Å². The van der Waals surface area contributed by atoms with Crippen molar-refractivity contribution in [2.75, 3.05) is 38.1 Å². The van der Waals surface area contributed by atoms with Crippen LogP contribution in [0.5, 0.6) is 0 Å². The summed E-state index contributed by atoms with van der Waals surface area (Å²) < 4.78 is 19.0. The predicted octanol–water partition coefficient (Wildman–Crippen LogP) is 1.87. The summed E-state index contributed by atoms with van der Waals surface area (Å²) in [6, 6.07) is 0.228. The van der Waals surface area contributed by atoms with Crippen LogP contribution >= 0.6 is 0 Å². The second-order valence-electron chi connectivity index (χ2n) is 7.27. The third-order valence-electron chi connectivity index (χ3n) is 5.35. The van der Waals surface area contributed by atoms with Gasteiger partial charge in [-0.15, -0.1) is 0 Å². The lowest BCUT2D eigenvalue weighted by Gasteiger charge is -2.41. The SMILES string of the molecule is O=C(N1CCCC1)N1CCC[C@]2(C[C@H](Nc3ncc(F)cn3)CO2)C1. The molecule has 0 unspecified atom stereocenters. The summed E-state index contributed by atoms with van der Waals surface area (Å²) in [6.07, 6.45) is 7.22. The number of nitrogens with one attached hydrogen (secondary N) is 1. The van der Waals surface area contributed by atoms with Crippen LogP contribution in [0.15, 0.2) is 12.4 Å². The lowest BCUT2D eigenvalue weighted by molar-refractivity contribution is -0.0435. The Kier molecular flexibility index (Phi) is 4.45. The van der Waals surface area contributed by atoms with Gasteiger partial charge in [0.15, 0.2) is 5.82 Å². The van der Waals surface area contributed by atoms with E-state index in [9.17, 15) is 9.18 Å². The molecule has 0 aromatic carbocycles. The van der Waals surface area contributed by atoms with Crippen molar-refractivity contribution in [1.82, 2.24) is 19.8 Å². The molecule has 0 saturated carbocycles. The number of urea groups is 1. The molecule has 0 bridgehead atoms. The molecule has 1 aromatic heterocycles. The highest BCUT2D eigenvalue weighted by molar-refractivity contribution is 5.75. The summed E-state index contributed by atoms with van der Waals surface area (Å²) >= 11 is 0. The number of carbonyl (C=O) groups is 1. The molecule has 3 fully saturated rings. The van der Waals surface area contributed by atoms with E-state index in [4.69, 9.17) is 4.74 Å². The van der Waals surface area contributed by atoms with Crippen molar-refractivity contribution in [2.24, 2.45) is 0 Å². The van der Waals surface area contributed by atoms with E-state index < -0.39 is 5.82 Å². The van der Waals surface area contributed by atoms with Gasteiger partial charge in [-0.25, -0.2) is 19.2 Å². The monoisotopic (exact) mass is 349 g/mol. The fourth-order valence-corrected chi connectivity index (χ4v) is 4.16. The van der Waals surface area contributed by atoms with Crippen LogP contribution < -0.4 is 5.32 Å². The van der Waals surface area contributed by atoms with Crippen molar-refractivity contribution in [3.63, 3.8) is 0 Å². The van der Waals surface area contributed by atoms with Gasteiger partial charge in [-0.1, -0.05) is 0 Å². The molecule has 1 spiro atoms. The Morgan fingerprint density at radius 2 is 1.92 bits per heavy atom. The molecule has 3 aliphatic heterocycles. The normalized spacial score (nSPS) is 29.4. The Balaban J connectivity index is 1.37. The lowest BCUT2D eigenvalue weighted by atomic mass is 9.89. The number of anilines is 1. The zero-order valence-electron chi connectivity index (χ0n) is 14.3. The zero-order chi connectivity index (χ0) is 17.3. The molecule has 0 radical (unpaired) electrons. The maximum absolute atomic E-state index is 12.9. The van der Waals surface area contributed by atoms with Gasteiger partial charge in [0, 0.05) is 26.1 Å². The van der Waals surface area contributed by atoms with Gasteiger partial charge in [0.2, 0.25) is 5.95 Å². The summed E-state index contributed by atoms with van der Waals surface area (Å²) in [5, 5.41) is 3.21. The highest BCUT2D eigenvalue weighted by atomic mass is 19.1. The molecule has 4 rings (SSSR count). The summed E-state index contributed by atoms with van der Waals surface area (Å²) in [5.41, 5.74) is -0.286. The van der Waals surface area contributed by atoms with E-state index in [2.05, 4.69) is 15.3 Å². The summed E-state index contributed by atoms with van der Waals surface area (Å²) in [4.78, 5) is 24.5. The number of hydrogen-bond acceptors (Lipinski definition) is 5. The van der Waals surface area contributed by atoms with Gasteiger partial charge < -0.3 is 19.9 Å². The number of aromatic nitrogens is 2. The minimum atomic E-state index is -0.451. The first-order valence-electron chi connectivity index (χ1n) is 9.05. The highest BCUT2D eigenvalue weighted by Gasteiger charge is 2.45. The van der Waals surface area contributed by atoms with Gasteiger partial charge in [-0.3, -0.25) is 0 Å². The molecule has 2 atom stereocenters. The van der Waals surface area contributed by atoms with Gasteiger partial charge in [0.25, 0.3) is 0 Å². The second-order valence-corrected chi connectivity index (χ2v) is 7.27. The van der Waals surface area contributed by atoms with Crippen LogP contribution in [0.3, 0.4) is 0 Å². The minimum absolute atomic E-state index is 0.0762. The lowest BCUT2D eigenvalue weighted by Crippen LogP contribution is -2.53. The van der Waals surface area contributed by atoms with E-state index in [1.165, 1.54) is 0 Å². The molecular formula is C17H24FN5O2. The van der Waals surface area contributed by atoms with Crippen molar-refractivity contribution in [2.45, 2.75) is 43.7 Å². The van der Waals surface area contributed by atoms with Crippen LogP contribution in [0.4, 0.5) is 15.1 Å². The number of nitrogens with zero attached hydrogens (tertiary/aromatic N) is 4. The Bertz CT molecular complexity index is 622. The summed E-state index contributed by atoms with van der Waals surface area (Å²) in [5.74, 6) is -0.0408. The highest BCUT2D eigenvalue weighted by Crippen LogP contribution is 2.36. The fourth-order valence-electron chi connectivity index (χ4n) is 4.16. The van der Waals surface area contributed by atoms with Crippen LogP contribution in [-0.2, 0) is 4.74 Å². The Labute approximate surface area is 146 Å². The van der Waals surface area contributed by atoms with E-state index in [0.717, 1.165) is 64.1 Å². The minimum Gasteiger partial charge on any atom is -0.371 e. The average molecular weight is 349 g/mol. The molecule has 25 heavy (non-hydrogen) atoms. The molecule has 1 N–H and O–H groups in total. The third kappa shape index (κ3) is 3.53. The van der Waals surface area contributed by atoms with Crippen LogP contribution in [0, 0.1) is 5.82 Å². The molecule has 0 aliphatic carbocycles. The van der Waals surface area contributed by atoms with Crippen LogP contribution in [-0.4, -0.2) is 70.2 Å². The summed E-state index contributed by atoms with van der Waals surface area (Å²) in [6.45, 7) is 3.74. The van der Waals surface area contributed by atoms with Crippen LogP contribution in [0.25, 0.3) is 0 Å². The number of likely N-dealkylation sites (tertiary alicyclic amines) is 2. The first-order valence-corrected chi connectivity index (χ1v) is 9.05.